The van der Waals surface area contributed by atoms with Crippen molar-refractivity contribution < 1.29 is 4.39 Å². The minimum Gasteiger partial charge on any atom is -0.396 e. The van der Waals surface area contributed by atoms with Gasteiger partial charge in [-0.15, -0.1) is 0 Å². The predicted octanol–water partition coefficient (Wildman–Crippen LogP) is 2.25. The number of rotatable bonds is 2. The molecule has 0 unspecified atom stereocenters. The number of halogens is 1. The number of hydrogen-bond acceptors (Lipinski definition) is 4. The van der Waals surface area contributed by atoms with E-state index in [1.165, 1.54) is 18.3 Å². The number of nitrogens with two attached hydrogens (primary N) is 1. The minimum atomic E-state index is -0.278. The SMILES string of the molecule is Cc1nc(Nc2ccc(F)cc2)ncc1N. The number of aryl methyl sites for hydroxylation is 1. The fourth-order valence-electron chi connectivity index (χ4n) is 1.20. The highest BCUT2D eigenvalue weighted by Crippen LogP contribution is 2.15. The first-order chi connectivity index (χ1) is 7.65. The number of hydrogen-bond donors (Lipinski definition) is 2. The first kappa shape index (κ1) is 10.4. The number of nitrogens with one attached hydrogen (secondary N) is 1. The summed E-state index contributed by atoms with van der Waals surface area (Å²) >= 11 is 0. The van der Waals surface area contributed by atoms with Gasteiger partial charge in [0.05, 0.1) is 17.6 Å². The van der Waals surface area contributed by atoms with E-state index in [0.29, 0.717) is 17.3 Å². The van der Waals surface area contributed by atoms with E-state index in [1.54, 1.807) is 19.1 Å². The molecule has 0 atom stereocenters. The van der Waals surface area contributed by atoms with Crippen molar-refractivity contribution in [1.29, 1.82) is 0 Å². The zero-order valence-corrected chi connectivity index (χ0v) is 8.74. The molecule has 82 valence electrons. The van der Waals surface area contributed by atoms with Gasteiger partial charge < -0.3 is 11.1 Å². The first-order valence-electron chi connectivity index (χ1n) is 4.77. The summed E-state index contributed by atoms with van der Waals surface area (Å²) in [7, 11) is 0. The summed E-state index contributed by atoms with van der Waals surface area (Å²) in [5.41, 5.74) is 7.58. The van der Waals surface area contributed by atoms with Gasteiger partial charge in [-0.05, 0) is 31.2 Å². The maximum absolute atomic E-state index is 12.7. The monoisotopic (exact) mass is 218 g/mol. The maximum atomic E-state index is 12.7. The van der Waals surface area contributed by atoms with Gasteiger partial charge in [-0.2, -0.15) is 0 Å². The molecular weight excluding hydrogens is 207 g/mol. The van der Waals surface area contributed by atoms with Crippen LogP contribution in [0.1, 0.15) is 5.69 Å². The van der Waals surface area contributed by atoms with Gasteiger partial charge in [-0.25, -0.2) is 14.4 Å². The van der Waals surface area contributed by atoms with Crippen molar-refractivity contribution in [3.05, 3.63) is 42.0 Å². The summed E-state index contributed by atoms with van der Waals surface area (Å²) < 4.78 is 12.7. The Bertz CT molecular complexity index is 496. The van der Waals surface area contributed by atoms with Gasteiger partial charge in [0, 0.05) is 5.69 Å². The molecule has 0 amide bonds. The van der Waals surface area contributed by atoms with Crippen LogP contribution >= 0.6 is 0 Å². The fourth-order valence-corrected chi connectivity index (χ4v) is 1.20. The lowest BCUT2D eigenvalue weighted by Gasteiger charge is -2.06. The first-order valence-corrected chi connectivity index (χ1v) is 4.77. The normalized spacial score (nSPS) is 10.1. The highest BCUT2D eigenvalue weighted by atomic mass is 19.1. The third-order valence-electron chi connectivity index (χ3n) is 2.12. The Balaban J connectivity index is 2.20. The van der Waals surface area contributed by atoms with E-state index in [0.717, 1.165) is 5.69 Å². The van der Waals surface area contributed by atoms with E-state index in [4.69, 9.17) is 5.73 Å². The Morgan fingerprint density at radius 3 is 2.56 bits per heavy atom. The Kier molecular flexibility index (Phi) is 2.68. The molecule has 0 saturated carbocycles. The van der Waals surface area contributed by atoms with Crippen molar-refractivity contribution in [2.45, 2.75) is 6.92 Å². The highest BCUT2D eigenvalue weighted by molar-refractivity contribution is 5.54. The standard InChI is InChI=1S/C11H11FN4/c1-7-10(13)6-14-11(15-7)16-9-4-2-8(12)3-5-9/h2-6H,13H2,1H3,(H,14,15,16). The molecule has 1 aromatic carbocycles. The van der Waals surface area contributed by atoms with Gasteiger partial charge in [-0.3, -0.25) is 0 Å². The van der Waals surface area contributed by atoms with Crippen molar-refractivity contribution in [1.82, 2.24) is 9.97 Å². The van der Waals surface area contributed by atoms with Crippen LogP contribution in [-0.2, 0) is 0 Å². The molecule has 0 spiro atoms. The lowest BCUT2D eigenvalue weighted by molar-refractivity contribution is 0.628. The van der Waals surface area contributed by atoms with E-state index < -0.39 is 0 Å². The van der Waals surface area contributed by atoms with Crippen molar-refractivity contribution >= 4 is 17.3 Å². The van der Waals surface area contributed by atoms with Gasteiger partial charge in [-0.1, -0.05) is 0 Å². The second-order valence-corrected chi connectivity index (χ2v) is 3.37. The van der Waals surface area contributed by atoms with Crippen LogP contribution in [-0.4, -0.2) is 9.97 Å². The summed E-state index contributed by atoms with van der Waals surface area (Å²) in [5, 5.41) is 2.95. The topological polar surface area (TPSA) is 63.8 Å². The van der Waals surface area contributed by atoms with Gasteiger partial charge in [0.25, 0.3) is 0 Å². The second kappa shape index (κ2) is 4.14. The van der Waals surface area contributed by atoms with E-state index in [1.807, 2.05) is 0 Å². The van der Waals surface area contributed by atoms with Crippen molar-refractivity contribution in [2.24, 2.45) is 0 Å². The van der Waals surface area contributed by atoms with E-state index in [9.17, 15) is 4.39 Å². The number of benzene rings is 1. The lowest BCUT2D eigenvalue weighted by Crippen LogP contribution is -2.01. The van der Waals surface area contributed by atoms with E-state index >= 15 is 0 Å². The summed E-state index contributed by atoms with van der Waals surface area (Å²) in [6.07, 6.45) is 1.54. The largest absolute Gasteiger partial charge is 0.396 e. The molecule has 0 saturated heterocycles. The van der Waals surface area contributed by atoms with Crippen LogP contribution in [0.5, 0.6) is 0 Å². The Morgan fingerprint density at radius 2 is 1.94 bits per heavy atom. The molecule has 0 fully saturated rings. The molecule has 3 N–H and O–H groups in total. The number of anilines is 3. The zero-order chi connectivity index (χ0) is 11.5. The van der Waals surface area contributed by atoms with Crippen LogP contribution in [0.3, 0.4) is 0 Å². The molecule has 2 aromatic rings. The molecule has 0 bridgehead atoms. The van der Waals surface area contributed by atoms with Crippen LogP contribution < -0.4 is 11.1 Å². The van der Waals surface area contributed by atoms with E-state index in [2.05, 4.69) is 15.3 Å². The van der Waals surface area contributed by atoms with Gasteiger partial charge >= 0.3 is 0 Å². The highest BCUT2D eigenvalue weighted by Gasteiger charge is 2.00. The molecule has 2 rings (SSSR count). The number of aromatic nitrogens is 2. The van der Waals surface area contributed by atoms with Crippen LogP contribution in [0.2, 0.25) is 0 Å². The summed E-state index contributed by atoms with van der Waals surface area (Å²) in [4.78, 5) is 8.17. The Morgan fingerprint density at radius 1 is 1.25 bits per heavy atom. The van der Waals surface area contributed by atoms with Gasteiger partial charge in [0.2, 0.25) is 5.95 Å². The summed E-state index contributed by atoms with van der Waals surface area (Å²) in [5.74, 6) is 0.165. The number of nitrogen functional groups attached to an aromatic ring is 1. The molecule has 0 aliphatic rings. The fraction of sp³-hybridized carbons (Fsp3) is 0.0909. The van der Waals surface area contributed by atoms with Crippen molar-refractivity contribution in [2.75, 3.05) is 11.1 Å². The summed E-state index contributed by atoms with van der Waals surface area (Å²) in [6, 6.07) is 5.97. The predicted molar refractivity (Wildman–Crippen MR) is 60.9 cm³/mol. The molecule has 16 heavy (non-hydrogen) atoms. The summed E-state index contributed by atoms with van der Waals surface area (Å²) in [6.45, 7) is 1.80. The van der Waals surface area contributed by atoms with Crippen LogP contribution in [0.4, 0.5) is 21.7 Å². The molecule has 1 aromatic heterocycles. The lowest BCUT2D eigenvalue weighted by atomic mass is 10.3. The molecular formula is C11H11FN4. The third kappa shape index (κ3) is 2.25. The van der Waals surface area contributed by atoms with Crippen molar-refractivity contribution in [3.8, 4) is 0 Å². The average molecular weight is 218 g/mol. The molecule has 0 aliphatic heterocycles. The Labute approximate surface area is 92.3 Å². The van der Waals surface area contributed by atoms with E-state index in [-0.39, 0.29) is 5.82 Å². The minimum absolute atomic E-state index is 0.278. The average Bonchev–Trinajstić information content (AvgIpc) is 2.27. The molecule has 0 radical (unpaired) electrons. The zero-order valence-electron chi connectivity index (χ0n) is 8.74. The van der Waals surface area contributed by atoms with Crippen molar-refractivity contribution in [3.63, 3.8) is 0 Å². The van der Waals surface area contributed by atoms with Crippen LogP contribution in [0.15, 0.2) is 30.5 Å². The number of nitrogens with zero attached hydrogens (tertiary/aromatic N) is 2. The van der Waals surface area contributed by atoms with Crippen LogP contribution in [0, 0.1) is 12.7 Å². The smallest absolute Gasteiger partial charge is 0.227 e. The Hall–Kier alpha value is -2.17. The molecule has 0 aliphatic carbocycles. The second-order valence-electron chi connectivity index (χ2n) is 3.37. The quantitative estimate of drug-likeness (QED) is 0.811. The van der Waals surface area contributed by atoms with Gasteiger partial charge in [0.15, 0.2) is 0 Å². The maximum Gasteiger partial charge on any atom is 0.227 e. The molecule has 5 heteroatoms. The van der Waals surface area contributed by atoms with Crippen LogP contribution in [0.25, 0.3) is 0 Å². The van der Waals surface area contributed by atoms with Gasteiger partial charge in [0.1, 0.15) is 5.82 Å². The molecule has 1 heterocycles. The molecule has 4 nitrogen and oxygen atoms in total. The third-order valence-corrected chi connectivity index (χ3v) is 2.12.